The number of rotatable bonds is 10. The fourth-order valence-electron chi connectivity index (χ4n) is 3.69. The summed E-state index contributed by atoms with van der Waals surface area (Å²) in [6.45, 7) is 0.606. The first-order valence-electron chi connectivity index (χ1n) is 11.1. The average molecular weight is 778 g/mol. The molecule has 0 aliphatic carbocycles. The molecule has 4 rings (SSSR count). The Morgan fingerprint density at radius 1 is 0.921 bits per heavy atom. The SMILES string of the molecule is Nc1ncc(C(CCNC(=O)c2cc(Br)c(Br)[nH]2)c2[nH]c(N)nc2/C=C/CNC(=O)c2cc(Br)c(Br)[nH]2)[nH]1. The van der Waals surface area contributed by atoms with E-state index in [-0.39, 0.29) is 36.2 Å². The second-order valence-corrected chi connectivity index (χ2v) is 11.3. The third kappa shape index (κ3) is 6.78. The maximum absolute atomic E-state index is 12.6. The van der Waals surface area contributed by atoms with Crippen molar-refractivity contribution in [2.45, 2.75) is 12.3 Å². The highest BCUT2D eigenvalue weighted by molar-refractivity contribution is 9.13. The molecule has 4 aromatic rings. The highest BCUT2D eigenvalue weighted by Gasteiger charge is 2.23. The summed E-state index contributed by atoms with van der Waals surface area (Å²) in [5, 5.41) is 5.72. The third-order valence-electron chi connectivity index (χ3n) is 5.43. The molecule has 0 bridgehead atoms. The normalized spacial score (nSPS) is 12.2. The van der Waals surface area contributed by atoms with Crippen molar-refractivity contribution in [3.63, 3.8) is 0 Å². The summed E-state index contributed by atoms with van der Waals surface area (Å²) in [6.07, 6.45) is 5.66. The number of halogens is 4. The molecule has 16 heteroatoms. The number of hydrogen-bond acceptors (Lipinski definition) is 6. The molecular weight excluding hydrogens is 756 g/mol. The number of aromatic amines is 4. The lowest BCUT2D eigenvalue weighted by Crippen LogP contribution is -2.26. The summed E-state index contributed by atoms with van der Waals surface area (Å²) in [6, 6.07) is 3.37. The van der Waals surface area contributed by atoms with Crippen LogP contribution in [0.3, 0.4) is 0 Å². The van der Waals surface area contributed by atoms with Crippen LogP contribution in [0.1, 0.15) is 50.4 Å². The van der Waals surface area contributed by atoms with E-state index in [9.17, 15) is 9.59 Å². The first-order chi connectivity index (χ1) is 18.1. The van der Waals surface area contributed by atoms with E-state index in [1.54, 1.807) is 30.5 Å². The Labute approximate surface area is 250 Å². The van der Waals surface area contributed by atoms with Gasteiger partial charge in [-0.25, -0.2) is 9.97 Å². The molecule has 0 aliphatic rings. The van der Waals surface area contributed by atoms with E-state index in [2.05, 4.69) is 104 Å². The van der Waals surface area contributed by atoms with Crippen LogP contribution in [0.25, 0.3) is 6.08 Å². The van der Waals surface area contributed by atoms with E-state index in [4.69, 9.17) is 11.5 Å². The van der Waals surface area contributed by atoms with Crippen LogP contribution < -0.4 is 22.1 Å². The molecule has 10 N–H and O–H groups in total. The lowest BCUT2D eigenvalue weighted by molar-refractivity contribution is 0.0942. The second kappa shape index (κ2) is 12.4. The zero-order valence-electron chi connectivity index (χ0n) is 19.5. The number of hydrogen-bond donors (Lipinski definition) is 8. The van der Waals surface area contributed by atoms with Crippen LogP contribution in [0, 0.1) is 0 Å². The Morgan fingerprint density at radius 3 is 2.11 bits per heavy atom. The molecule has 4 heterocycles. The number of H-pyrrole nitrogens is 4. The van der Waals surface area contributed by atoms with Crippen molar-refractivity contribution >= 4 is 93.5 Å². The van der Waals surface area contributed by atoms with Gasteiger partial charge in [-0.2, -0.15) is 0 Å². The number of aromatic nitrogens is 6. The van der Waals surface area contributed by atoms with Gasteiger partial charge in [-0.3, -0.25) is 9.59 Å². The Hall–Kier alpha value is -2.82. The van der Waals surface area contributed by atoms with Crippen molar-refractivity contribution in [1.29, 1.82) is 0 Å². The molecular formula is C22H22Br4N10O2. The van der Waals surface area contributed by atoms with Crippen molar-refractivity contribution in [2.75, 3.05) is 24.6 Å². The maximum Gasteiger partial charge on any atom is 0.268 e. The zero-order valence-corrected chi connectivity index (χ0v) is 25.8. The summed E-state index contributed by atoms with van der Waals surface area (Å²) >= 11 is 13.4. The zero-order chi connectivity index (χ0) is 27.4. The van der Waals surface area contributed by atoms with Crippen molar-refractivity contribution in [3.8, 4) is 0 Å². The summed E-state index contributed by atoms with van der Waals surface area (Å²) < 4.78 is 2.88. The van der Waals surface area contributed by atoms with Gasteiger partial charge in [0.25, 0.3) is 11.8 Å². The van der Waals surface area contributed by atoms with Gasteiger partial charge in [0.2, 0.25) is 0 Å². The average Bonchev–Trinajstić information content (AvgIpc) is 3.63. The predicted octanol–water partition coefficient (Wildman–Crippen LogP) is 4.40. The minimum absolute atomic E-state index is 0.229. The molecule has 12 nitrogen and oxygen atoms in total. The van der Waals surface area contributed by atoms with Crippen LogP contribution in [0.5, 0.6) is 0 Å². The van der Waals surface area contributed by atoms with Gasteiger partial charge in [-0.05, 0) is 88.3 Å². The predicted molar refractivity (Wildman–Crippen MR) is 159 cm³/mol. The molecule has 0 saturated heterocycles. The van der Waals surface area contributed by atoms with Gasteiger partial charge in [-0.15, -0.1) is 0 Å². The number of carbonyl (C=O) groups excluding carboxylic acids is 2. The summed E-state index contributed by atoms with van der Waals surface area (Å²) in [7, 11) is 0. The molecule has 0 spiro atoms. The molecule has 0 fully saturated rings. The lowest BCUT2D eigenvalue weighted by Gasteiger charge is -2.15. The Morgan fingerprint density at radius 2 is 1.55 bits per heavy atom. The molecule has 0 radical (unpaired) electrons. The molecule has 2 amide bonds. The summed E-state index contributed by atoms with van der Waals surface area (Å²) in [5.74, 6) is -0.293. The first-order valence-corrected chi connectivity index (χ1v) is 14.3. The van der Waals surface area contributed by atoms with Gasteiger partial charge < -0.3 is 42.0 Å². The molecule has 0 saturated carbocycles. The molecule has 4 aromatic heterocycles. The van der Waals surface area contributed by atoms with Crippen LogP contribution in [-0.2, 0) is 0 Å². The highest BCUT2D eigenvalue weighted by Crippen LogP contribution is 2.30. The second-order valence-electron chi connectivity index (χ2n) is 8.04. The van der Waals surface area contributed by atoms with E-state index in [1.807, 2.05) is 0 Å². The minimum atomic E-state index is -0.283. The van der Waals surface area contributed by atoms with Crippen LogP contribution >= 0.6 is 63.7 Å². The summed E-state index contributed by atoms with van der Waals surface area (Å²) in [4.78, 5) is 45.5. The van der Waals surface area contributed by atoms with Gasteiger partial charge in [0, 0.05) is 24.7 Å². The fraction of sp³-hybridized carbons (Fsp3) is 0.182. The van der Waals surface area contributed by atoms with Crippen molar-refractivity contribution in [1.82, 2.24) is 40.5 Å². The molecule has 200 valence electrons. The monoisotopic (exact) mass is 774 g/mol. The Bertz CT molecular complexity index is 1450. The smallest absolute Gasteiger partial charge is 0.268 e. The molecule has 38 heavy (non-hydrogen) atoms. The number of amides is 2. The number of nitrogens with one attached hydrogen (secondary N) is 6. The van der Waals surface area contributed by atoms with Gasteiger partial charge in [0.15, 0.2) is 11.9 Å². The van der Waals surface area contributed by atoms with Crippen LogP contribution in [0.2, 0.25) is 0 Å². The number of nitrogen functional groups attached to an aromatic ring is 2. The van der Waals surface area contributed by atoms with Crippen LogP contribution in [-0.4, -0.2) is 54.8 Å². The van der Waals surface area contributed by atoms with Gasteiger partial charge in [0.05, 0.1) is 35.7 Å². The largest absolute Gasteiger partial charge is 0.369 e. The number of anilines is 2. The molecule has 1 atom stereocenters. The van der Waals surface area contributed by atoms with Crippen molar-refractivity contribution in [3.05, 3.63) is 71.0 Å². The van der Waals surface area contributed by atoms with Gasteiger partial charge >= 0.3 is 0 Å². The van der Waals surface area contributed by atoms with E-state index >= 15 is 0 Å². The quantitative estimate of drug-likeness (QED) is 0.117. The van der Waals surface area contributed by atoms with Gasteiger partial charge in [0.1, 0.15) is 11.4 Å². The van der Waals surface area contributed by atoms with E-state index in [0.29, 0.717) is 44.9 Å². The first kappa shape index (κ1) is 28.2. The topological polar surface area (TPSA) is 199 Å². The van der Waals surface area contributed by atoms with Gasteiger partial charge in [-0.1, -0.05) is 6.08 Å². The van der Waals surface area contributed by atoms with Crippen LogP contribution in [0.15, 0.2) is 42.6 Å². The van der Waals surface area contributed by atoms with E-state index in [0.717, 1.165) is 14.6 Å². The van der Waals surface area contributed by atoms with Crippen molar-refractivity contribution in [2.24, 2.45) is 0 Å². The number of carbonyl (C=O) groups is 2. The van der Waals surface area contributed by atoms with Crippen LogP contribution in [0.4, 0.5) is 11.9 Å². The van der Waals surface area contributed by atoms with E-state index < -0.39 is 0 Å². The lowest BCUT2D eigenvalue weighted by atomic mass is 9.96. The third-order valence-corrected chi connectivity index (χ3v) is 9.00. The van der Waals surface area contributed by atoms with E-state index in [1.165, 1.54) is 0 Å². The number of nitrogens with two attached hydrogens (primary N) is 2. The molecule has 1 unspecified atom stereocenters. The Kier molecular flexibility index (Phi) is 9.17. The molecule has 0 aromatic carbocycles. The minimum Gasteiger partial charge on any atom is -0.369 e. The fourth-order valence-corrected chi connectivity index (χ4v) is 5.00. The number of nitrogens with zero attached hydrogens (tertiary/aromatic N) is 2. The van der Waals surface area contributed by atoms with Crippen molar-refractivity contribution < 1.29 is 9.59 Å². The maximum atomic E-state index is 12.6. The Balaban J connectivity index is 1.45. The number of imidazole rings is 2. The highest BCUT2D eigenvalue weighted by atomic mass is 79.9. The summed E-state index contributed by atoms with van der Waals surface area (Å²) in [5.41, 5.74) is 14.7. The standard InChI is InChI=1S/C22H22Br4N10O2/c23-10-6-13(32-17(10)25)19(37)29-4-1-2-12-16(36-22(28)34-12)9(15-8-31-21(27)35-15)3-5-30-20(38)14-7-11(24)18(26)33-14/h1-2,6-9,32-33H,3-5H2,(H,29,37)(H,30,38)(H3,27,31,35)(H3,28,34,36)/b2-1+. The molecule has 0 aliphatic heterocycles.